The first-order valence-electron chi connectivity index (χ1n) is 2.41. The summed E-state index contributed by atoms with van der Waals surface area (Å²) in [5.41, 5.74) is -0.113. The molecule has 0 aliphatic heterocycles. The Morgan fingerprint density at radius 2 is 2.30 bits per heavy atom. The molecule has 0 aliphatic rings. The van der Waals surface area contributed by atoms with Crippen molar-refractivity contribution >= 4 is 24.9 Å². The number of hydrogen-bond donors (Lipinski definition) is 1. The van der Waals surface area contributed by atoms with Crippen LogP contribution in [0.2, 0.25) is 5.15 Å². The largest absolute Gasteiger partial charge is 0.504 e. The van der Waals surface area contributed by atoms with Crippen LogP contribution in [0.15, 0.2) is 6.07 Å². The van der Waals surface area contributed by atoms with Crippen LogP contribution in [0.4, 0.5) is 4.39 Å². The Morgan fingerprint density at radius 1 is 1.70 bits per heavy atom. The van der Waals surface area contributed by atoms with Gasteiger partial charge >= 0.3 is 0 Å². The first-order valence-corrected chi connectivity index (χ1v) is 2.79. The molecule has 0 aromatic carbocycles. The third-order valence-electron chi connectivity index (χ3n) is 0.948. The molecule has 2 radical (unpaired) electrons. The lowest BCUT2D eigenvalue weighted by Crippen LogP contribution is -2.06. The molecule has 5 heteroatoms. The highest BCUT2D eigenvalue weighted by atomic mass is 35.5. The van der Waals surface area contributed by atoms with Gasteiger partial charge in [0.25, 0.3) is 5.95 Å². The predicted octanol–water partition coefficient (Wildman–Crippen LogP) is 0.373. The molecule has 10 heavy (non-hydrogen) atoms. The zero-order valence-corrected chi connectivity index (χ0v) is 5.56. The molecule has 0 spiro atoms. The summed E-state index contributed by atoms with van der Waals surface area (Å²) in [5.74, 6) is -1.71. The Bertz CT molecular complexity index is 245. The van der Waals surface area contributed by atoms with Crippen LogP contribution in [0, 0.1) is 5.95 Å². The summed E-state index contributed by atoms with van der Waals surface area (Å²) in [6.07, 6.45) is 0. The number of aromatic hydroxyl groups is 1. The molecule has 1 rings (SSSR count). The van der Waals surface area contributed by atoms with Crippen molar-refractivity contribution in [1.29, 1.82) is 0 Å². The molecule has 0 bridgehead atoms. The predicted molar refractivity (Wildman–Crippen MR) is 36.3 cm³/mol. The highest BCUT2D eigenvalue weighted by Gasteiger charge is 2.05. The van der Waals surface area contributed by atoms with Crippen molar-refractivity contribution < 1.29 is 9.50 Å². The van der Waals surface area contributed by atoms with Crippen LogP contribution in [0.3, 0.4) is 0 Å². The van der Waals surface area contributed by atoms with E-state index in [0.717, 1.165) is 0 Å². The molecule has 0 atom stereocenters. The molecule has 2 nitrogen and oxygen atoms in total. The topological polar surface area (TPSA) is 33.1 Å². The van der Waals surface area contributed by atoms with Gasteiger partial charge in [0.2, 0.25) is 0 Å². The number of aromatic nitrogens is 1. The Hall–Kier alpha value is -0.765. The summed E-state index contributed by atoms with van der Waals surface area (Å²) in [4.78, 5) is 3.10. The minimum Gasteiger partial charge on any atom is -0.504 e. The third-order valence-corrected chi connectivity index (χ3v) is 1.14. The number of nitrogens with zero attached hydrogens (tertiary/aromatic N) is 1. The zero-order chi connectivity index (χ0) is 7.72. The van der Waals surface area contributed by atoms with Gasteiger partial charge in [0.15, 0.2) is 5.75 Å². The van der Waals surface area contributed by atoms with Crippen LogP contribution in [-0.2, 0) is 0 Å². The fraction of sp³-hybridized carbons (Fsp3) is 0. The van der Waals surface area contributed by atoms with Gasteiger partial charge in [0.1, 0.15) is 13.0 Å². The van der Waals surface area contributed by atoms with E-state index in [9.17, 15) is 4.39 Å². The molecule has 1 aromatic heterocycles. The van der Waals surface area contributed by atoms with Crippen molar-refractivity contribution in [3.05, 3.63) is 17.2 Å². The van der Waals surface area contributed by atoms with Crippen molar-refractivity contribution in [1.82, 2.24) is 4.98 Å². The number of pyridine rings is 1. The van der Waals surface area contributed by atoms with Crippen LogP contribution in [0.5, 0.6) is 5.75 Å². The summed E-state index contributed by atoms with van der Waals surface area (Å²) in [6.45, 7) is 0. The van der Waals surface area contributed by atoms with Crippen LogP contribution in [-0.4, -0.2) is 17.9 Å². The van der Waals surface area contributed by atoms with E-state index in [1.807, 2.05) is 0 Å². The van der Waals surface area contributed by atoms with E-state index >= 15 is 0 Å². The van der Waals surface area contributed by atoms with Crippen LogP contribution in [0.1, 0.15) is 0 Å². The molecule has 0 unspecified atom stereocenters. The second-order valence-corrected chi connectivity index (χ2v) is 2.06. The van der Waals surface area contributed by atoms with Crippen molar-refractivity contribution in [3.63, 3.8) is 0 Å². The van der Waals surface area contributed by atoms with Crippen LogP contribution in [0.25, 0.3) is 0 Å². The second kappa shape index (κ2) is 2.46. The monoisotopic (exact) mass is 157 g/mol. The van der Waals surface area contributed by atoms with Gasteiger partial charge in [-0.3, -0.25) is 0 Å². The maximum absolute atomic E-state index is 12.3. The molecule has 1 heterocycles. The van der Waals surface area contributed by atoms with Gasteiger partial charge in [0.05, 0.1) is 0 Å². The Morgan fingerprint density at radius 3 is 2.80 bits per heavy atom. The molecule has 0 saturated carbocycles. The van der Waals surface area contributed by atoms with Gasteiger partial charge in [-0.1, -0.05) is 11.6 Å². The van der Waals surface area contributed by atoms with Crippen molar-refractivity contribution in [3.8, 4) is 5.75 Å². The van der Waals surface area contributed by atoms with E-state index in [2.05, 4.69) is 4.98 Å². The molecule has 0 fully saturated rings. The summed E-state index contributed by atoms with van der Waals surface area (Å²) in [6, 6.07) is 1.17. The number of halogens is 2. The molecule has 0 aliphatic carbocycles. The van der Waals surface area contributed by atoms with Gasteiger partial charge in [-0.15, -0.1) is 0 Å². The van der Waals surface area contributed by atoms with E-state index in [0.29, 0.717) is 0 Å². The van der Waals surface area contributed by atoms with E-state index < -0.39 is 11.7 Å². The third kappa shape index (κ3) is 1.21. The Kier molecular flexibility index (Phi) is 1.81. The molecule has 0 amide bonds. The van der Waals surface area contributed by atoms with Crippen molar-refractivity contribution in [2.45, 2.75) is 0 Å². The molecule has 0 saturated heterocycles. The van der Waals surface area contributed by atoms with Crippen LogP contribution < -0.4 is 5.46 Å². The summed E-state index contributed by atoms with van der Waals surface area (Å²) in [7, 11) is 5.11. The van der Waals surface area contributed by atoms with Crippen molar-refractivity contribution in [2.75, 3.05) is 0 Å². The SMILES string of the molecule is [B]c1cc(Cl)nc(F)c1O. The summed E-state index contributed by atoms with van der Waals surface area (Å²) < 4.78 is 12.3. The highest BCUT2D eigenvalue weighted by Crippen LogP contribution is 2.11. The lowest BCUT2D eigenvalue weighted by molar-refractivity contribution is 0.423. The second-order valence-electron chi connectivity index (χ2n) is 1.67. The average Bonchev–Trinajstić information content (AvgIpc) is 1.82. The summed E-state index contributed by atoms with van der Waals surface area (Å²) >= 11 is 5.28. The average molecular weight is 157 g/mol. The zero-order valence-electron chi connectivity index (χ0n) is 4.81. The van der Waals surface area contributed by atoms with Crippen molar-refractivity contribution in [2.24, 2.45) is 0 Å². The molecule has 1 N–H and O–H groups in total. The molecule has 50 valence electrons. The maximum Gasteiger partial charge on any atom is 0.255 e. The van der Waals surface area contributed by atoms with Gasteiger partial charge in [-0.25, -0.2) is 4.98 Å². The highest BCUT2D eigenvalue weighted by molar-refractivity contribution is 6.36. The van der Waals surface area contributed by atoms with Gasteiger partial charge in [-0.05, 0) is 11.5 Å². The minimum absolute atomic E-state index is 0.0761. The van der Waals surface area contributed by atoms with E-state index in [1.54, 1.807) is 0 Å². The van der Waals surface area contributed by atoms with E-state index in [4.69, 9.17) is 24.6 Å². The fourth-order valence-corrected chi connectivity index (χ4v) is 0.687. The minimum atomic E-state index is -1.05. The summed E-state index contributed by atoms with van der Waals surface area (Å²) in [5, 5.41) is 8.63. The Labute approximate surface area is 63.1 Å². The van der Waals surface area contributed by atoms with Crippen LogP contribution >= 0.6 is 11.6 Å². The molecule has 1 aromatic rings. The first kappa shape index (κ1) is 7.34. The lowest BCUT2D eigenvalue weighted by atomic mass is 9.97. The quantitative estimate of drug-likeness (QED) is 0.436. The standard InChI is InChI=1S/C5H2BClFNO/c6-2-1-3(7)9-5(8)4(2)10/h1,10H. The van der Waals surface area contributed by atoms with Gasteiger partial charge < -0.3 is 5.11 Å². The number of hydrogen-bond acceptors (Lipinski definition) is 2. The normalized spacial score (nSPS) is 9.80. The molecular formula is C5H2BClFNO. The van der Waals surface area contributed by atoms with E-state index in [1.165, 1.54) is 6.07 Å². The first-order chi connectivity index (χ1) is 4.61. The smallest absolute Gasteiger partial charge is 0.255 e. The molecular weight excluding hydrogens is 155 g/mol. The maximum atomic E-state index is 12.3. The van der Waals surface area contributed by atoms with Gasteiger partial charge in [-0.2, -0.15) is 4.39 Å². The lowest BCUT2D eigenvalue weighted by Gasteiger charge is -1.98. The fourth-order valence-electron chi connectivity index (χ4n) is 0.495. The number of rotatable bonds is 0. The van der Waals surface area contributed by atoms with Gasteiger partial charge in [0, 0.05) is 0 Å². The van der Waals surface area contributed by atoms with E-state index in [-0.39, 0.29) is 10.6 Å². The Balaban J connectivity index is 3.31.